The standard InChI is InChI=1S/C16H33N3O3.C2H6/c1-15(2,19-14(20)7-10-18-5)8-12-22-16(3,4)13-21-11-6-9-17;1-2/h9,17-18H,6-8,10-13H2,1-5H3,(H,19,20);1-2H3. The third kappa shape index (κ3) is 15.9. The Balaban J connectivity index is 0. The first-order valence-corrected chi connectivity index (χ1v) is 8.89. The number of rotatable bonds is 13. The third-order valence-electron chi connectivity index (χ3n) is 3.16. The Labute approximate surface area is 148 Å². The summed E-state index contributed by atoms with van der Waals surface area (Å²) in [6, 6.07) is 0. The van der Waals surface area contributed by atoms with Gasteiger partial charge < -0.3 is 25.5 Å². The van der Waals surface area contributed by atoms with Crippen LogP contribution < -0.4 is 10.6 Å². The lowest BCUT2D eigenvalue weighted by atomic mass is 10.0. The van der Waals surface area contributed by atoms with Crippen molar-refractivity contribution in [1.29, 1.82) is 5.41 Å². The van der Waals surface area contributed by atoms with Crippen molar-refractivity contribution in [3.05, 3.63) is 0 Å². The van der Waals surface area contributed by atoms with Gasteiger partial charge in [0.1, 0.15) is 0 Å². The van der Waals surface area contributed by atoms with Crippen LogP contribution in [0.15, 0.2) is 0 Å². The maximum Gasteiger partial charge on any atom is 0.221 e. The predicted molar refractivity (Wildman–Crippen MR) is 101 cm³/mol. The summed E-state index contributed by atoms with van der Waals surface area (Å²) in [5.41, 5.74) is -0.657. The van der Waals surface area contributed by atoms with Crippen molar-refractivity contribution in [3.63, 3.8) is 0 Å². The molecule has 144 valence electrons. The van der Waals surface area contributed by atoms with E-state index in [0.29, 0.717) is 39.2 Å². The molecule has 0 aliphatic rings. The van der Waals surface area contributed by atoms with Crippen LogP contribution in [0.2, 0.25) is 0 Å². The fourth-order valence-corrected chi connectivity index (χ4v) is 1.83. The van der Waals surface area contributed by atoms with Gasteiger partial charge in [-0.2, -0.15) is 0 Å². The van der Waals surface area contributed by atoms with Crippen LogP contribution in [-0.2, 0) is 14.3 Å². The lowest BCUT2D eigenvalue weighted by Crippen LogP contribution is -2.45. The molecule has 0 aromatic carbocycles. The van der Waals surface area contributed by atoms with E-state index in [9.17, 15) is 4.79 Å². The topological polar surface area (TPSA) is 83.4 Å². The van der Waals surface area contributed by atoms with Gasteiger partial charge in [-0.1, -0.05) is 13.8 Å². The van der Waals surface area contributed by atoms with Gasteiger partial charge in [0.2, 0.25) is 5.91 Å². The summed E-state index contributed by atoms with van der Waals surface area (Å²) in [6.45, 7) is 14.2. The van der Waals surface area contributed by atoms with Gasteiger partial charge >= 0.3 is 0 Å². The van der Waals surface area contributed by atoms with Crippen LogP contribution in [0.25, 0.3) is 0 Å². The minimum Gasteiger partial charge on any atom is -0.378 e. The first kappa shape index (κ1) is 25.3. The summed E-state index contributed by atoms with van der Waals surface area (Å²) in [5.74, 6) is 0.0496. The molecule has 0 bridgehead atoms. The van der Waals surface area contributed by atoms with Gasteiger partial charge in [0.15, 0.2) is 0 Å². The average molecular weight is 346 g/mol. The molecule has 0 spiro atoms. The van der Waals surface area contributed by atoms with E-state index >= 15 is 0 Å². The smallest absolute Gasteiger partial charge is 0.221 e. The number of ether oxygens (including phenoxy) is 2. The first-order chi connectivity index (χ1) is 11.2. The molecular formula is C18H39N3O3. The van der Waals surface area contributed by atoms with Crippen LogP contribution in [0, 0.1) is 5.41 Å². The molecule has 0 aromatic heterocycles. The van der Waals surface area contributed by atoms with Crippen molar-refractivity contribution in [2.24, 2.45) is 0 Å². The maximum absolute atomic E-state index is 11.8. The number of amides is 1. The molecule has 1 amide bonds. The average Bonchev–Trinajstić information content (AvgIpc) is 2.50. The first-order valence-electron chi connectivity index (χ1n) is 8.89. The largest absolute Gasteiger partial charge is 0.378 e. The molecule has 0 saturated heterocycles. The predicted octanol–water partition coefficient (Wildman–Crippen LogP) is 2.76. The fourth-order valence-electron chi connectivity index (χ4n) is 1.83. The van der Waals surface area contributed by atoms with E-state index in [0.717, 1.165) is 6.42 Å². The van der Waals surface area contributed by atoms with E-state index in [-0.39, 0.29) is 17.0 Å². The van der Waals surface area contributed by atoms with Crippen molar-refractivity contribution >= 4 is 12.1 Å². The summed E-state index contributed by atoms with van der Waals surface area (Å²) >= 11 is 0. The molecule has 0 radical (unpaired) electrons. The molecule has 6 nitrogen and oxygen atoms in total. The lowest BCUT2D eigenvalue weighted by Gasteiger charge is -2.30. The molecule has 0 aromatic rings. The SMILES string of the molecule is CC.CNCCC(=O)NC(C)(C)CCOC(C)(C)COCCC=N. The molecule has 0 atom stereocenters. The zero-order valence-electron chi connectivity index (χ0n) is 16.8. The highest BCUT2D eigenvalue weighted by Crippen LogP contribution is 2.14. The number of carbonyl (C=O) groups excluding carboxylic acids is 1. The monoisotopic (exact) mass is 345 g/mol. The highest BCUT2D eigenvalue weighted by molar-refractivity contribution is 5.76. The van der Waals surface area contributed by atoms with Crippen LogP contribution in [-0.4, -0.2) is 56.7 Å². The quantitative estimate of drug-likeness (QED) is 0.354. The van der Waals surface area contributed by atoms with E-state index in [2.05, 4.69) is 10.6 Å². The Morgan fingerprint density at radius 2 is 1.79 bits per heavy atom. The molecule has 0 rings (SSSR count). The van der Waals surface area contributed by atoms with E-state index in [1.54, 1.807) is 0 Å². The molecule has 0 fully saturated rings. The zero-order valence-corrected chi connectivity index (χ0v) is 16.8. The van der Waals surface area contributed by atoms with Crippen LogP contribution >= 0.6 is 0 Å². The van der Waals surface area contributed by atoms with Crippen molar-refractivity contribution < 1.29 is 14.3 Å². The second kappa shape index (κ2) is 14.4. The van der Waals surface area contributed by atoms with Gasteiger partial charge in [-0.25, -0.2) is 0 Å². The van der Waals surface area contributed by atoms with Crippen LogP contribution in [0.1, 0.15) is 60.8 Å². The molecule has 0 saturated carbocycles. The van der Waals surface area contributed by atoms with Crippen molar-refractivity contribution in [1.82, 2.24) is 10.6 Å². The lowest BCUT2D eigenvalue weighted by molar-refractivity contribution is -0.123. The van der Waals surface area contributed by atoms with Crippen molar-refractivity contribution in [3.8, 4) is 0 Å². The van der Waals surface area contributed by atoms with Gasteiger partial charge in [0.05, 0.1) is 18.8 Å². The van der Waals surface area contributed by atoms with Gasteiger partial charge in [-0.3, -0.25) is 4.79 Å². The summed E-state index contributed by atoms with van der Waals surface area (Å²) in [5, 5.41) is 12.9. The number of carbonyl (C=O) groups is 1. The molecule has 3 N–H and O–H groups in total. The summed E-state index contributed by atoms with van der Waals surface area (Å²) < 4.78 is 11.3. The second-order valence-corrected chi connectivity index (χ2v) is 6.69. The minimum atomic E-state index is -0.367. The zero-order chi connectivity index (χ0) is 19.1. The van der Waals surface area contributed by atoms with Crippen LogP contribution in [0.5, 0.6) is 0 Å². The Hall–Kier alpha value is -0.980. The maximum atomic E-state index is 11.8. The summed E-state index contributed by atoms with van der Waals surface area (Å²) in [6.07, 6.45) is 3.18. The highest BCUT2D eigenvalue weighted by Gasteiger charge is 2.23. The second-order valence-electron chi connectivity index (χ2n) is 6.69. The van der Waals surface area contributed by atoms with E-state index in [1.807, 2.05) is 48.6 Å². The molecular weight excluding hydrogens is 306 g/mol. The molecule has 0 heterocycles. The molecule has 0 aliphatic heterocycles. The number of nitrogens with one attached hydrogen (secondary N) is 3. The summed E-state index contributed by atoms with van der Waals surface area (Å²) in [7, 11) is 1.83. The van der Waals surface area contributed by atoms with E-state index in [4.69, 9.17) is 14.9 Å². The Morgan fingerprint density at radius 3 is 2.33 bits per heavy atom. The molecule has 0 unspecified atom stereocenters. The van der Waals surface area contributed by atoms with Gasteiger partial charge in [0, 0.05) is 31.5 Å². The number of hydrogen-bond donors (Lipinski definition) is 3. The Bertz CT molecular complexity index is 331. The van der Waals surface area contributed by atoms with Gasteiger partial charge in [0.25, 0.3) is 0 Å². The van der Waals surface area contributed by atoms with Crippen molar-refractivity contribution in [2.45, 2.75) is 71.9 Å². The van der Waals surface area contributed by atoms with Gasteiger partial charge in [-0.15, -0.1) is 0 Å². The molecule has 6 heteroatoms. The van der Waals surface area contributed by atoms with Crippen molar-refractivity contribution in [2.75, 3.05) is 33.4 Å². The van der Waals surface area contributed by atoms with Crippen LogP contribution in [0.4, 0.5) is 0 Å². The Morgan fingerprint density at radius 1 is 1.17 bits per heavy atom. The summed E-state index contributed by atoms with van der Waals surface area (Å²) in [4.78, 5) is 11.8. The van der Waals surface area contributed by atoms with Crippen LogP contribution in [0.3, 0.4) is 0 Å². The third-order valence-corrected chi connectivity index (χ3v) is 3.16. The van der Waals surface area contributed by atoms with E-state index < -0.39 is 0 Å². The molecule has 24 heavy (non-hydrogen) atoms. The van der Waals surface area contributed by atoms with E-state index in [1.165, 1.54) is 6.21 Å². The minimum absolute atomic E-state index is 0.0496. The molecule has 0 aliphatic carbocycles. The van der Waals surface area contributed by atoms with Gasteiger partial charge in [-0.05, 0) is 47.4 Å². The number of hydrogen-bond acceptors (Lipinski definition) is 5. The fraction of sp³-hybridized carbons (Fsp3) is 0.889. The highest BCUT2D eigenvalue weighted by atomic mass is 16.5. The normalized spacial score (nSPS) is 11.5. The Kier molecular flexibility index (Phi) is 15.1.